The fourth-order valence-corrected chi connectivity index (χ4v) is 6.62. The average molecular weight is 418 g/mol. The van der Waals surface area contributed by atoms with E-state index in [1.807, 2.05) is 0 Å². The number of ether oxygens (including phenoxy) is 3. The quantitative estimate of drug-likeness (QED) is 0.314. The summed E-state index contributed by atoms with van der Waals surface area (Å²) in [5.41, 5.74) is -4.11. The predicted molar refractivity (Wildman–Crippen MR) is 96.2 cm³/mol. The van der Waals surface area contributed by atoms with Gasteiger partial charge in [-0.15, -0.1) is 0 Å². The molecule has 5 heterocycles. The minimum atomic E-state index is -1.70. The standard InChI is InChI=1S/C20H22N2O8/c1-18-6-7-20(30-18)10(11(18)16(26)28-4)15(25)22-12(20)8-9(14(24)21(3)13(8)23)19(22,2)17(27)29-5/h6-12H,1-5H3/t8-,9-,10?,11-,12+,18?,19-,20?/m0/s1. The van der Waals surface area contributed by atoms with E-state index in [4.69, 9.17) is 14.2 Å². The molecule has 2 bridgehead atoms. The lowest BCUT2D eigenvalue weighted by atomic mass is 9.67. The number of esters is 2. The number of rotatable bonds is 2. The third kappa shape index (κ3) is 1.67. The van der Waals surface area contributed by atoms with Crippen LogP contribution in [0.5, 0.6) is 0 Å². The number of fused-ring (bicyclic) bond motifs is 4. The molecule has 5 rings (SSSR count). The van der Waals surface area contributed by atoms with Gasteiger partial charge in [0.15, 0.2) is 5.54 Å². The molecular formula is C20H22N2O8. The molecule has 5 aliphatic heterocycles. The summed E-state index contributed by atoms with van der Waals surface area (Å²) in [5.74, 6) is -6.92. The van der Waals surface area contributed by atoms with Crippen LogP contribution in [0, 0.1) is 23.7 Å². The lowest BCUT2D eigenvalue weighted by Crippen LogP contribution is -2.58. The monoisotopic (exact) mass is 418 g/mol. The smallest absolute Gasteiger partial charge is 0.332 e. The SMILES string of the molecule is COC(=O)[C@@H]1C2C(=O)N3[C@H]([C@H]4C(=O)N(C)C(=O)[C@H]4[C@@]3(C)C(=O)OC)C23C=CC1(C)O3. The van der Waals surface area contributed by atoms with Crippen LogP contribution in [0.4, 0.5) is 0 Å². The number of methoxy groups -OCH3 is 2. The van der Waals surface area contributed by atoms with Crippen molar-refractivity contribution in [3.8, 4) is 0 Å². The number of carbonyl (C=O) groups excluding carboxylic acids is 5. The fourth-order valence-electron chi connectivity index (χ4n) is 6.62. The molecule has 0 aromatic heterocycles. The van der Waals surface area contributed by atoms with Gasteiger partial charge >= 0.3 is 11.9 Å². The molecule has 10 heteroatoms. The second kappa shape index (κ2) is 5.29. The van der Waals surface area contributed by atoms with Gasteiger partial charge in [0.2, 0.25) is 17.7 Å². The third-order valence-corrected chi connectivity index (χ3v) is 7.82. The van der Waals surface area contributed by atoms with Crippen LogP contribution >= 0.6 is 0 Å². The first kappa shape index (κ1) is 19.2. The number of hydrogen-bond donors (Lipinski definition) is 0. The summed E-state index contributed by atoms with van der Waals surface area (Å²) in [4.78, 5) is 67.7. The Morgan fingerprint density at radius 3 is 2.27 bits per heavy atom. The van der Waals surface area contributed by atoms with Crippen molar-refractivity contribution in [2.24, 2.45) is 23.7 Å². The summed E-state index contributed by atoms with van der Waals surface area (Å²) in [6.45, 7) is 3.14. The molecule has 0 N–H and O–H groups in total. The van der Waals surface area contributed by atoms with Gasteiger partial charge in [-0.25, -0.2) is 4.79 Å². The van der Waals surface area contributed by atoms with Gasteiger partial charge in [-0.1, -0.05) is 12.2 Å². The summed E-state index contributed by atoms with van der Waals surface area (Å²) in [6.07, 6.45) is 3.41. The zero-order valence-corrected chi connectivity index (χ0v) is 17.2. The molecule has 3 amide bonds. The molecule has 1 spiro atoms. The summed E-state index contributed by atoms with van der Waals surface area (Å²) >= 11 is 0. The van der Waals surface area contributed by atoms with E-state index in [1.165, 1.54) is 33.1 Å². The molecule has 160 valence electrons. The molecule has 0 aromatic carbocycles. The highest BCUT2D eigenvalue weighted by atomic mass is 16.6. The van der Waals surface area contributed by atoms with E-state index in [0.29, 0.717) is 0 Å². The molecule has 10 nitrogen and oxygen atoms in total. The van der Waals surface area contributed by atoms with Crippen LogP contribution in [0.15, 0.2) is 12.2 Å². The van der Waals surface area contributed by atoms with Crippen molar-refractivity contribution < 1.29 is 38.2 Å². The lowest BCUT2D eigenvalue weighted by molar-refractivity contribution is -0.166. The predicted octanol–water partition coefficient (Wildman–Crippen LogP) is -1.12. The third-order valence-electron chi connectivity index (χ3n) is 7.82. The maximum Gasteiger partial charge on any atom is 0.332 e. The van der Waals surface area contributed by atoms with Crippen LogP contribution in [0.3, 0.4) is 0 Å². The molecule has 0 radical (unpaired) electrons. The largest absolute Gasteiger partial charge is 0.469 e. The van der Waals surface area contributed by atoms with Gasteiger partial charge in [0.05, 0.1) is 43.6 Å². The molecule has 0 saturated carbocycles. The summed E-state index contributed by atoms with van der Waals surface area (Å²) in [5, 5.41) is 0. The van der Waals surface area contributed by atoms with E-state index in [2.05, 4.69) is 0 Å². The number of carbonyl (C=O) groups is 5. The van der Waals surface area contributed by atoms with Crippen LogP contribution < -0.4 is 0 Å². The van der Waals surface area contributed by atoms with E-state index < -0.39 is 76.1 Å². The van der Waals surface area contributed by atoms with Crippen molar-refractivity contribution in [2.45, 2.75) is 36.6 Å². The second-order valence-corrected chi connectivity index (χ2v) is 8.98. The zero-order valence-electron chi connectivity index (χ0n) is 17.2. The van der Waals surface area contributed by atoms with Gasteiger partial charge in [-0.05, 0) is 13.8 Å². The van der Waals surface area contributed by atoms with Crippen molar-refractivity contribution in [1.82, 2.24) is 9.80 Å². The number of amides is 3. The van der Waals surface area contributed by atoms with E-state index in [0.717, 1.165) is 4.90 Å². The molecule has 0 aliphatic carbocycles. The van der Waals surface area contributed by atoms with Crippen LogP contribution in [-0.2, 0) is 38.2 Å². The van der Waals surface area contributed by atoms with Crippen LogP contribution in [0.2, 0.25) is 0 Å². The van der Waals surface area contributed by atoms with E-state index in [-0.39, 0.29) is 0 Å². The number of nitrogens with zero attached hydrogens (tertiary/aromatic N) is 2. The highest BCUT2D eigenvalue weighted by molar-refractivity contribution is 6.12. The normalized spacial score (nSPS) is 47.6. The summed E-state index contributed by atoms with van der Waals surface area (Å²) in [7, 11) is 3.76. The number of likely N-dealkylation sites (tertiary alicyclic amines) is 1. The first-order chi connectivity index (χ1) is 14.0. The van der Waals surface area contributed by atoms with Crippen LogP contribution in [0.25, 0.3) is 0 Å². The van der Waals surface area contributed by atoms with Crippen LogP contribution in [0.1, 0.15) is 13.8 Å². The Balaban J connectivity index is 1.75. The second-order valence-electron chi connectivity index (χ2n) is 8.98. The molecule has 0 aromatic rings. The minimum absolute atomic E-state index is 0.484. The van der Waals surface area contributed by atoms with E-state index >= 15 is 0 Å². The Morgan fingerprint density at radius 1 is 1.00 bits per heavy atom. The average Bonchev–Trinajstić information content (AvgIpc) is 3.42. The van der Waals surface area contributed by atoms with Crippen molar-refractivity contribution in [3.63, 3.8) is 0 Å². The molecule has 4 saturated heterocycles. The van der Waals surface area contributed by atoms with Gasteiger partial charge < -0.3 is 19.1 Å². The Hall–Kier alpha value is -2.75. The molecule has 4 fully saturated rings. The maximum absolute atomic E-state index is 13.7. The first-order valence-electron chi connectivity index (χ1n) is 9.72. The molecule has 3 unspecified atom stereocenters. The van der Waals surface area contributed by atoms with Gasteiger partial charge in [0.25, 0.3) is 0 Å². The highest BCUT2D eigenvalue weighted by Crippen LogP contribution is 2.66. The topological polar surface area (TPSA) is 120 Å². The molecule has 8 atom stereocenters. The van der Waals surface area contributed by atoms with Crippen molar-refractivity contribution in [1.29, 1.82) is 0 Å². The van der Waals surface area contributed by atoms with Gasteiger partial charge in [-0.2, -0.15) is 0 Å². The molecule has 30 heavy (non-hydrogen) atoms. The van der Waals surface area contributed by atoms with E-state index in [1.54, 1.807) is 19.1 Å². The summed E-state index contributed by atoms with van der Waals surface area (Å²) < 4.78 is 16.2. The molecular weight excluding hydrogens is 396 g/mol. The number of imide groups is 1. The first-order valence-corrected chi connectivity index (χ1v) is 9.72. The van der Waals surface area contributed by atoms with Gasteiger partial charge in [0, 0.05) is 7.05 Å². The maximum atomic E-state index is 13.7. The Labute approximate surface area is 172 Å². The summed E-state index contributed by atoms with van der Waals surface area (Å²) in [6, 6.07) is -0.918. The van der Waals surface area contributed by atoms with E-state index in [9.17, 15) is 24.0 Å². The lowest BCUT2D eigenvalue weighted by Gasteiger charge is -2.37. The zero-order chi connectivity index (χ0) is 22.0. The molecule has 5 aliphatic rings. The van der Waals surface area contributed by atoms with Gasteiger partial charge in [-0.3, -0.25) is 24.1 Å². The fraction of sp³-hybridized carbons (Fsp3) is 0.650. The van der Waals surface area contributed by atoms with Crippen LogP contribution in [-0.4, -0.2) is 83.5 Å². The number of hydrogen-bond acceptors (Lipinski definition) is 8. The van der Waals surface area contributed by atoms with Crippen molar-refractivity contribution in [2.75, 3.05) is 21.3 Å². The Morgan fingerprint density at radius 2 is 1.67 bits per heavy atom. The van der Waals surface area contributed by atoms with Crippen molar-refractivity contribution in [3.05, 3.63) is 12.2 Å². The Bertz CT molecular complexity index is 976. The highest BCUT2D eigenvalue weighted by Gasteiger charge is 2.84. The minimum Gasteiger partial charge on any atom is -0.469 e. The van der Waals surface area contributed by atoms with Gasteiger partial charge in [0.1, 0.15) is 11.5 Å². The Kier molecular flexibility index (Phi) is 3.39. The van der Waals surface area contributed by atoms with Crippen molar-refractivity contribution >= 4 is 29.7 Å².